The van der Waals surface area contributed by atoms with Crippen molar-refractivity contribution in [1.29, 1.82) is 0 Å². The van der Waals surface area contributed by atoms with Crippen LogP contribution in [0.25, 0.3) is 33.2 Å². The number of piperazine rings is 1. The lowest BCUT2D eigenvalue weighted by molar-refractivity contribution is 0.244. The van der Waals surface area contributed by atoms with E-state index >= 15 is 0 Å². The average Bonchev–Trinajstić information content (AvgIpc) is 2.89. The van der Waals surface area contributed by atoms with Crippen molar-refractivity contribution in [3.8, 4) is 11.4 Å². The number of anilines is 2. The lowest BCUT2D eigenvalue weighted by Crippen LogP contribution is -2.46. The van der Waals surface area contributed by atoms with Gasteiger partial charge in [-0.05, 0) is 24.3 Å². The summed E-state index contributed by atoms with van der Waals surface area (Å²) >= 11 is 0. The van der Waals surface area contributed by atoms with Gasteiger partial charge in [0.25, 0.3) is 0 Å². The molecule has 3 aromatic carbocycles. The summed E-state index contributed by atoms with van der Waals surface area (Å²) in [4.78, 5) is 23.8. The third kappa shape index (κ3) is 3.91. The molecule has 7 heteroatoms. The van der Waals surface area contributed by atoms with Gasteiger partial charge >= 0.3 is 0 Å². The molecule has 2 N–H and O–H groups in total. The van der Waals surface area contributed by atoms with Gasteiger partial charge in [-0.3, -0.25) is 4.90 Å². The van der Waals surface area contributed by atoms with Crippen LogP contribution in [0.4, 0.5) is 11.6 Å². The van der Waals surface area contributed by atoms with Gasteiger partial charge in [0, 0.05) is 42.5 Å². The zero-order chi connectivity index (χ0) is 22.9. The number of hydrogen-bond donors (Lipinski definition) is 1. The van der Waals surface area contributed by atoms with Crippen molar-refractivity contribution in [2.24, 2.45) is 0 Å². The molecule has 0 unspecified atom stereocenters. The van der Waals surface area contributed by atoms with Gasteiger partial charge in [-0.25, -0.2) is 19.9 Å². The number of benzene rings is 3. The van der Waals surface area contributed by atoms with E-state index in [9.17, 15) is 0 Å². The highest BCUT2D eigenvalue weighted by Crippen LogP contribution is 2.28. The Kier molecular flexibility index (Phi) is 5.24. The maximum atomic E-state index is 6.18. The summed E-state index contributed by atoms with van der Waals surface area (Å²) in [6.45, 7) is 4.23. The molecule has 1 fully saturated rings. The van der Waals surface area contributed by atoms with Crippen LogP contribution in [0, 0.1) is 0 Å². The molecule has 0 saturated carbocycles. The van der Waals surface area contributed by atoms with Crippen molar-refractivity contribution < 1.29 is 0 Å². The molecule has 5 aromatic rings. The fraction of sp³-hybridized carbons (Fsp3) is 0.185. The van der Waals surface area contributed by atoms with Crippen molar-refractivity contribution in [1.82, 2.24) is 24.8 Å². The van der Waals surface area contributed by atoms with E-state index in [4.69, 9.17) is 20.7 Å². The van der Waals surface area contributed by atoms with Crippen molar-refractivity contribution in [2.75, 3.05) is 36.8 Å². The van der Waals surface area contributed by atoms with Gasteiger partial charge in [-0.2, -0.15) is 0 Å². The van der Waals surface area contributed by atoms with E-state index in [1.807, 2.05) is 48.5 Å². The van der Waals surface area contributed by atoms with E-state index in [0.717, 1.165) is 71.0 Å². The van der Waals surface area contributed by atoms with Crippen molar-refractivity contribution >= 4 is 33.4 Å². The summed E-state index contributed by atoms with van der Waals surface area (Å²) in [7, 11) is 0. The molecule has 0 amide bonds. The van der Waals surface area contributed by atoms with Crippen LogP contribution in [0.5, 0.6) is 0 Å². The van der Waals surface area contributed by atoms with E-state index in [-0.39, 0.29) is 0 Å². The summed E-state index contributed by atoms with van der Waals surface area (Å²) in [5.74, 6) is 3.07. The first-order chi connectivity index (χ1) is 16.7. The van der Waals surface area contributed by atoms with Gasteiger partial charge in [0.15, 0.2) is 5.82 Å². The third-order valence-electron chi connectivity index (χ3n) is 6.33. The Hall–Kier alpha value is -4.10. The molecule has 1 aliphatic rings. The van der Waals surface area contributed by atoms with Crippen LogP contribution in [0.1, 0.15) is 5.82 Å². The molecule has 0 radical (unpaired) electrons. The maximum Gasteiger partial charge on any atom is 0.162 e. The Morgan fingerprint density at radius 1 is 0.647 bits per heavy atom. The van der Waals surface area contributed by atoms with Crippen molar-refractivity contribution in [3.63, 3.8) is 0 Å². The molecule has 0 bridgehead atoms. The van der Waals surface area contributed by atoms with Crippen LogP contribution in [0.3, 0.4) is 0 Å². The topological polar surface area (TPSA) is 84.1 Å². The minimum Gasteiger partial charge on any atom is -0.383 e. The number of nitrogens with two attached hydrogens (primary N) is 1. The molecule has 1 saturated heterocycles. The second-order valence-corrected chi connectivity index (χ2v) is 8.56. The first kappa shape index (κ1) is 20.5. The van der Waals surface area contributed by atoms with Gasteiger partial charge in [-0.15, -0.1) is 0 Å². The number of hydrogen-bond acceptors (Lipinski definition) is 7. The maximum absolute atomic E-state index is 6.18. The standard InChI is InChI=1S/C27H25N7/c28-25-20-10-4-6-12-22(20)29-24(31-25)18-33-14-16-34(17-15-33)27-21-11-5-7-13-23(21)30-26(32-27)19-8-2-1-3-9-19/h1-13H,14-18H2,(H2,28,29,31). The monoisotopic (exact) mass is 447 g/mol. The summed E-state index contributed by atoms with van der Waals surface area (Å²) in [6.07, 6.45) is 0. The van der Waals surface area contributed by atoms with Crippen LogP contribution in [0.2, 0.25) is 0 Å². The number of aromatic nitrogens is 4. The van der Waals surface area contributed by atoms with E-state index in [2.05, 4.69) is 45.1 Å². The fourth-order valence-electron chi connectivity index (χ4n) is 4.56. The Morgan fingerprint density at radius 2 is 1.29 bits per heavy atom. The van der Waals surface area contributed by atoms with Crippen LogP contribution in [-0.2, 0) is 6.54 Å². The number of fused-ring (bicyclic) bond motifs is 2. The molecule has 6 rings (SSSR count). The Bertz CT molecular complexity index is 1460. The lowest BCUT2D eigenvalue weighted by Gasteiger charge is -2.35. The van der Waals surface area contributed by atoms with E-state index in [1.54, 1.807) is 0 Å². The summed E-state index contributed by atoms with van der Waals surface area (Å²) in [5, 5.41) is 1.99. The molecule has 34 heavy (non-hydrogen) atoms. The Labute approximate surface area is 197 Å². The summed E-state index contributed by atoms with van der Waals surface area (Å²) in [6, 6.07) is 26.3. The molecule has 3 heterocycles. The van der Waals surface area contributed by atoms with E-state index < -0.39 is 0 Å². The minimum absolute atomic E-state index is 0.542. The average molecular weight is 448 g/mol. The van der Waals surface area contributed by atoms with Gasteiger partial charge in [0.1, 0.15) is 17.5 Å². The predicted molar refractivity (Wildman–Crippen MR) is 136 cm³/mol. The third-order valence-corrected chi connectivity index (χ3v) is 6.33. The van der Waals surface area contributed by atoms with Crippen molar-refractivity contribution in [2.45, 2.75) is 6.54 Å². The summed E-state index contributed by atoms with van der Waals surface area (Å²) in [5.41, 5.74) is 9.07. The number of nitrogens with zero attached hydrogens (tertiary/aromatic N) is 6. The zero-order valence-corrected chi connectivity index (χ0v) is 18.8. The number of nitrogen functional groups attached to an aromatic ring is 1. The van der Waals surface area contributed by atoms with Crippen LogP contribution in [0.15, 0.2) is 78.9 Å². The molecular weight excluding hydrogens is 422 g/mol. The van der Waals surface area contributed by atoms with Gasteiger partial charge in [0.2, 0.25) is 0 Å². The van der Waals surface area contributed by atoms with Crippen molar-refractivity contribution in [3.05, 3.63) is 84.7 Å². The number of para-hydroxylation sites is 2. The van der Waals surface area contributed by atoms with E-state index in [1.165, 1.54) is 0 Å². The molecule has 0 atom stereocenters. The van der Waals surface area contributed by atoms with Crippen LogP contribution >= 0.6 is 0 Å². The summed E-state index contributed by atoms with van der Waals surface area (Å²) < 4.78 is 0. The minimum atomic E-state index is 0.542. The van der Waals surface area contributed by atoms with E-state index in [0.29, 0.717) is 12.4 Å². The number of rotatable bonds is 4. The predicted octanol–water partition coefficient (Wildman–Crippen LogP) is 4.14. The highest BCUT2D eigenvalue weighted by molar-refractivity contribution is 5.91. The normalized spacial score (nSPS) is 14.6. The molecule has 0 aliphatic carbocycles. The highest BCUT2D eigenvalue weighted by Gasteiger charge is 2.22. The molecule has 0 spiro atoms. The second-order valence-electron chi connectivity index (χ2n) is 8.56. The van der Waals surface area contributed by atoms with Gasteiger partial charge in [-0.1, -0.05) is 54.6 Å². The Morgan fingerprint density at radius 3 is 2.06 bits per heavy atom. The Balaban J connectivity index is 1.24. The van der Waals surface area contributed by atoms with Gasteiger partial charge < -0.3 is 10.6 Å². The highest BCUT2D eigenvalue weighted by atomic mass is 15.3. The van der Waals surface area contributed by atoms with Crippen LogP contribution in [-0.4, -0.2) is 51.0 Å². The molecule has 168 valence electrons. The smallest absolute Gasteiger partial charge is 0.162 e. The molecular formula is C27H25N7. The molecule has 1 aliphatic heterocycles. The van der Waals surface area contributed by atoms with Crippen LogP contribution < -0.4 is 10.6 Å². The largest absolute Gasteiger partial charge is 0.383 e. The lowest BCUT2D eigenvalue weighted by atomic mass is 10.1. The molecule has 2 aromatic heterocycles. The quantitative estimate of drug-likeness (QED) is 0.443. The second kappa shape index (κ2) is 8.68. The SMILES string of the molecule is Nc1nc(CN2CCN(c3nc(-c4ccccc4)nc4ccccc34)CC2)nc2ccccc12. The first-order valence-electron chi connectivity index (χ1n) is 11.6. The zero-order valence-electron chi connectivity index (χ0n) is 18.8. The molecule has 7 nitrogen and oxygen atoms in total. The first-order valence-corrected chi connectivity index (χ1v) is 11.6. The van der Waals surface area contributed by atoms with Gasteiger partial charge in [0.05, 0.1) is 17.6 Å². The fourth-order valence-corrected chi connectivity index (χ4v) is 4.56.